The quantitative estimate of drug-likeness (QED) is 0.752. The smallest absolute Gasteiger partial charge is 0.142 e. The molecular weight excluding hydrogens is 314 g/mol. The first-order chi connectivity index (χ1) is 12.1. The maximum absolute atomic E-state index is 10.1. The number of aromatic nitrogens is 3. The van der Waals surface area contributed by atoms with Gasteiger partial charge in [0.2, 0.25) is 0 Å². The molecule has 2 aromatic heterocycles. The molecule has 1 aliphatic carbocycles. The van der Waals surface area contributed by atoms with Gasteiger partial charge in [-0.05, 0) is 31.4 Å². The zero-order chi connectivity index (χ0) is 17.6. The highest BCUT2D eigenvalue weighted by atomic mass is 16.3. The fourth-order valence-corrected chi connectivity index (χ4v) is 3.51. The van der Waals surface area contributed by atoms with Gasteiger partial charge in [0, 0.05) is 35.0 Å². The van der Waals surface area contributed by atoms with E-state index in [9.17, 15) is 10.4 Å². The number of nitrogen functional groups attached to an aromatic ring is 1. The van der Waals surface area contributed by atoms with Crippen molar-refractivity contribution in [3.63, 3.8) is 0 Å². The number of aryl methyl sites for hydroxylation is 1. The summed E-state index contributed by atoms with van der Waals surface area (Å²) in [6.45, 7) is 2.76. The molecule has 0 bridgehead atoms. The number of nitriles is 1. The van der Waals surface area contributed by atoms with Crippen molar-refractivity contribution in [2.75, 3.05) is 5.73 Å². The zero-order valence-electron chi connectivity index (χ0n) is 13.8. The van der Waals surface area contributed by atoms with E-state index in [0.29, 0.717) is 18.4 Å². The van der Waals surface area contributed by atoms with Crippen LogP contribution in [0.1, 0.15) is 23.6 Å². The maximum Gasteiger partial charge on any atom is 0.142 e. The van der Waals surface area contributed by atoms with Crippen LogP contribution >= 0.6 is 0 Å². The van der Waals surface area contributed by atoms with Crippen molar-refractivity contribution in [1.29, 1.82) is 5.26 Å². The first-order valence-electron chi connectivity index (χ1n) is 8.20. The Balaban J connectivity index is 2.04. The molecule has 0 amide bonds. The number of phenols is 1. The van der Waals surface area contributed by atoms with Crippen LogP contribution in [0, 0.1) is 11.3 Å². The first kappa shape index (κ1) is 15.2. The molecule has 0 fully saturated rings. The van der Waals surface area contributed by atoms with Crippen molar-refractivity contribution in [2.45, 2.75) is 26.3 Å². The Labute approximate surface area is 145 Å². The van der Waals surface area contributed by atoms with Crippen molar-refractivity contribution < 1.29 is 5.11 Å². The van der Waals surface area contributed by atoms with Crippen LogP contribution in [0.3, 0.4) is 0 Å². The Morgan fingerprint density at radius 3 is 2.84 bits per heavy atom. The van der Waals surface area contributed by atoms with E-state index in [0.717, 1.165) is 40.1 Å². The van der Waals surface area contributed by atoms with Crippen LogP contribution in [-0.2, 0) is 19.4 Å². The van der Waals surface area contributed by atoms with Crippen molar-refractivity contribution in [2.24, 2.45) is 0 Å². The third-order valence-corrected chi connectivity index (χ3v) is 4.72. The van der Waals surface area contributed by atoms with Gasteiger partial charge in [0.05, 0.1) is 11.9 Å². The molecule has 124 valence electrons. The zero-order valence-corrected chi connectivity index (χ0v) is 13.8. The summed E-state index contributed by atoms with van der Waals surface area (Å²) in [5.74, 6) is 0.477. The molecule has 2 heterocycles. The molecule has 6 heteroatoms. The highest BCUT2D eigenvalue weighted by molar-refractivity contribution is 5.86. The topological polar surface area (TPSA) is 101 Å². The molecule has 3 N–H and O–H groups in total. The highest BCUT2D eigenvalue weighted by Crippen LogP contribution is 2.42. The number of anilines is 1. The molecule has 0 radical (unpaired) electrons. The van der Waals surface area contributed by atoms with Crippen LogP contribution in [0.25, 0.3) is 22.4 Å². The number of hydrogen-bond acceptors (Lipinski definition) is 5. The number of rotatable bonds is 2. The molecule has 3 aromatic rings. The second-order valence-corrected chi connectivity index (χ2v) is 6.07. The fraction of sp³-hybridized carbons (Fsp3) is 0.211. The van der Waals surface area contributed by atoms with E-state index in [1.165, 1.54) is 0 Å². The minimum Gasteiger partial charge on any atom is -0.508 e. The average Bonchev–Trinajstić information content (AvgIpc) is 3.09. The maximum atomic E-state index is 10.1. The first-order valence-corrected chi connectivity index (χ1v) is 8.20. The molecule has 25 heavy (non-hydrogen) atoms. The Hall–Kier alpha value is -3.33. The van der Waals surface area contributed by atoms with Gasteiger partial charge in [-0.25, -0.2) is 4.98 Å². The van der Waals surface area contributed by atoms with Crippen LogP contribution in [0.2, 0.25) is 0 Å². The number of benzene rings is 1. The second kappa shape index (κ2) is 5.64. The Kier molecular flexibility index (Phi) is 3.43. The largest absolute Gasteiger partial charge is 0.508 e. The van der Waals surface area contributed by atoms with E-state index in [-0.39, 0.29) is 11.6 Å². The van der Waals surface area contributed by atoms with Crippen molar-refractivity contribution in [1.82, 2.24) is 14.8 Å². The summed E-state index contributed by atoms with van der Waals surface area (Å²) >= 11 is 0. The molecule has 0 aliphatic heterocycles. The number of phenolic OH excluding ortho intramolecular Hbond substituents is 1. The molecule has 4 rings (SSSR count). The number of nitrogens with two attached hydrogens (primary N) is 1. The standard InChI is InChI=1S/C19H17N5O/c1-2-24-10-11(9-22-24)17-14-7-6-12-13(4-3-5-16(12)25)18(14)23-19(21)15(17)8-20/h3-5,9-10,25H,2,6-7H2,1H3,(H2,21,23). The predicted molar refractivity (Wildman–Crippen MR) is 94.8 cm³/mol. The number of aromatic hydroxyl groups is 1. The van der Waals surface area contributed by atoms with Gasteiger partial charge in [-0.15, -0.1) is 0 Å². The minimum atomic E-state index is 0.205. The Morgan fingerprint density at radius 1 is 1.32 bits per heavy atom. The van der Waals surface area contributed by atoms with Crippen molar-refractivity contribution in [3.05, 3.63) is 47.3 Å². The Bertz CT molecular complexity index is 1030. The third-order valence-electron chi connectivity index (χ3n) is 4.72. The van der Waals surface area contributed by atoms with E-state index < -0.39 is 0 Å². The van der Waals surface area contributed by atoms with Crippen LogP contribution in [0.4, 0.5) is 5.82 Å². The number of nitrogens with zero attached hydrogens (tertiary/aromatic N) is 4. The van der Waals surface area contributed by atoms with Gasteiger partial charge in [0.15, 0.2) is 0 Å². The van der Waals surface area contributed by atoms with Gasteiger partial charge in [-0.3, -0.25) is 4.68 Å². The van der Waals surface area contributed by atoms with Gasteiger partial charge in [-0.1, -0.05) is 12.1 Å². The van der Waals surface area contributed by atoms with Gasteiger partial charge in [0.1, 0.15) is 23.2 Å². The summed E-state index contributed by atoms with van der Waals surface area (Å²) in [5, 5.41) is 24.1. The average molecular weight is 331 g/mol. The molecular formula is C19H17N5O. The van der Waals surface area contributed by atoms with Gasteiger partial charge >= 0.3 is 0 Å². The van der Waals surface area contributed by atoms with Gasteiger partial charge in [0.25, 0.3) is 0 Å². The molecule has 0 unspecified atom stereocenters. The molecule has 0 saturated carbocycles. The lowest BCUT2D eigenvalue weighted by molar-refractivity contribution is 0.468. The van der Waals surface area contributed by atoms with E-state index in [1.807, 2.05) is 23.9 Å². The normalized spacial score (nSPS) is 12.3. The SMILES string of the molecule is CCn1cc(-c2c(C#N)c(N)nc3c2CCc2c(O)cccc2-3)cn1. The lowest BCUT2D eigenvalue weighted by atomic mass is 9.83. The molecule has 0 saturated heterocycles. The lowest BCUT2D eigenvalue weighted by Gasteiger charge is -2.23. The van der Waals surface area contributed by atoms with Crippen LogP contribution in [-0.4, -0.2) is 19.9 Å². The highest BCUT2D eigenvalue weighted by Gasteiger charge is 2.27. The monoisotopic (exact) mass is 331 g/mol. The summed E-state index contributed by atoms with van der Waals surface area (Å²) in [4.78, 5) is 4.50. The minimum absolute atomic E-state index is 0.205. The lowest BCUT2D eigenvalue weighted by Crippen LogP contribution is -2.11. The van der Waals surface area contributed by atoms with E-state index in [2.05, 4.69) is 16.2 Å². The van der Waals surface area contributed by atoms with Crippen LogP contribution in [0.5, 0.6) is 5.75 Å². The van der Waals surface area contributed by atoms with Crippen molar-refractivity contribution in [3.8, 4) is 34.2 Å². The molecule has 0 spiro atoms. The number of fused-ring (bicyclic) bond motifs is 3. The van der Waals surface area contributed by atoms with Crippen LogP contribution in [0.15, 0.2) is 30.6 Å². The van der Waals surface area contributed by atoms with Crippen molar-refractivity contribution >= 4 is 5.82 Å². The van der Waals surface area contributed by atoms with Gasteiger partial charge < -0.3 is 10.8 Å². The number of pyridine rings is 1. The summed E-state index contributed by atoms with van der Waals surface area (Å²) in [6, 6.07) is 7.62. The summed E-state index contributed by atoms with van der Waals surface area (Å²) in [6.07, 6.45) is 5.07. The third kappa shape index (κ3) is 2.24. The Morgan fingerprint density at radius 2 is 2.12 bits per heavy atom. The fourth-order valence-electron chi connectivity index (χ4n) is 3.51. The van der Waals surface area contributed by atoms with E-state index in [4.69, 9.17) is 5.73 Å². The molecule has 1 aromatic carbocycles. The summed E-state index contributed by atoms with van der Waals surface area (Å²) in [7, 11) is 0. The number of hydrogen-bond donors (Lipinski definition) is 2. The molecule has 1 aliphatic rings. The predicted octanol–water partition coefficient (Wildman–Crippen LogP) is 2.89. The van der Waals surface area contributed by atoms with Crippen LogP contribution < -0.4 is 5.73 Å². The van der Waals surface area contributed by atoms with E-state index in [1.54, 1.807) is 18.3 Å². The summed E-state index contributed by atoms with van der Waals surface area (Å²) < 4.78 is 1.82. The molecule has 6 nitrogen and oxygen atoms in total. The molecule has 0 atom stereocenters. The van der Waals surface area contributed by atoms with E-state index >= 15 is 0 Å². The second-order valence-electron chi connectivity index (χ2n) is 6.07. The summed E-state index contributed by atoms with van der Waals surface area (Å²) in [5.41, 5.74) is 11.6. The van der Waals surface area contributed by atoms with Gasteiger partial charge in [-0.2, -0.15) is 10.4 Å².